The number of nitrogens with zero attached hydrogens (tertiary/aromatic N) is 3. The van der Waals surface area contributed by atoms with E-state index in [1.54, 1.807) is 65.2 Å². The Morgan fingerprint density at radius 1 is 1.12 bits per heavy atom. The standard InChI is InChI=1S/C24H24N4O5/c1-4-27(5-2)22(30)17-8-10-18(11-9-17)26-20(29)15-32-24(31)21-16(3)33-23(19(21)14-25)28-12-6-7-13-28/h6-13H,4-5,15H2,1-3H3,(H,26,29). The van der Waals surface area contributed by atoms with Gasteiger partial charge in [-0.2, -0.15) is 5.26 Å². The van der Waals surface area contributed by atoms with Gasteiger partial charge in [0, 0.05) is 36.7 Å². The van der Waals surface area contributed by atoms with Crippen LogP contribution in [0.5, 0.6) is 0 Å². The van der Waals surface area contributed by atoms with Crippen molar-refractivity contribution in [1.29, 1.82) is 5.26 Å². The maximum atomic E-state index is 12.6. The van der Waals surface area contributed by atoms with E-state index in [0.717, 1.165) is 0 Å². The maximum absolute atomic E-state index is 12.6. The fourth-order valence-electron chi connectivity index (χ4n) is 3.32. The minimum absolute atomic E-state index is 0.0201. The van der Waals surface area contributed by atoms with E-state index in [4.69, 9.17) is 9.15 Å². The zero-order valence-corrected chi connectivity index (χ0v) is 18.6. The monoisotopic (exact) mass is 448 g/mol. The molecule has 1 aromatic carbocycles. The van der Waals surface area contributed by atoms with Crippen LogP contribution in [0.25, 0.3) is 5.88 Å². The van der Waals surface area contributed by atoms with E-state index in [2.05, 4.69) is 5.32 Å². The Balaban J connectivity index is 1.62. The topological polar surface area (TPSA) is 118 Å². The summed E-state index contributed by atoms with van der Waals surface area (Å²) in [6.07, 6.45) is 3.37. The molecule has 0 aliphatic rings. The van der Waals surface area contributed by atoms with Crippen LogP contribution in [0, 0.1) is 18.3 Å². The lowest BCUT2D eigenvalue weighted by Crippen LogP contribution is -2.30. The van der Waals surface area contributed by atoms with Crippen LogP contribution in [0.2, 0.25) is 0 Å². The third kappa shape index (κ3) is 5.13. The van der Waals surface area contributed by atoms with E-state index < -0.39 is 18.5 Å². The van der Waals surface area contributed by atoms with Gasteiger partial charge < -0.3 is 19.4 Å². The quantitative estimate of drug-likeness (QED) is 0.527. The Bertz CT molecular complexity index is 1180. The Hall–Kier alpha value is -4.32. The van der Waals surface area contributed by atoms with Crippen LogP contribution in [0.3, 0.4) is 0 Å². The minimum Gasteiger partial charge on any atom is -0.452 e. The van der Waals surface area contributed by atoms with Gasteiger partial charge in [-0.05, 0) is 57.2 Å². The van der Waals surface area contributed by atoms with Crippen LogP contribution < -0.4 is 5.32 Å². The molecule has 0 saturated carbocycles. The molecule has 2 heterocycles. The van der Waals surface area contributed by atoms with Crippen LogP contribution in [-0.2, 0) is 9.53 Å². The van der Waals surface area contributed by atoms with Crippen molar-refractivity contribution in [1.82, 2.24) is 9.47 Å². The third-order valence-electron chi connectivity index (χ3n) is 5.02. The van der Waals surface area contributed by atoms with E-state index in [9.17, 15) is 19.6 Å². The van der Waals surface area contributed by atoms with Gasteiger partial charge in [-0.15, -0.1) is 0 Å². The van der Waals surface area contributed by atoms with Crippen molar-refractivity contribution in [3.63, 3.8) is 0 Å². The second kappa shape index (κ2) is 10.3. The molecule has 9 heteroatoms. The number of rotatable bonds is 8. The van der Waals surface area contributed by atoms with Gasteiger partial charge >= 0.3 is 5.97 Å². The summed E-state index contributed by atoms with van der Waals surface area (Å²) in [5.41, 5.74) is 0.983. The molecule has 2 aromatic heterocycles. The third-order valence-corrected chi connectivity index (χ3v) is 5.02. The number of aryl methyl sites for hydroxylation is 1. The van der Waals surface area contributed by atoms with E-state index in [0.29, 0.717) is 24.3 Å². The minimum atomic E-state index is -0.832. The van der Waals surface area contributed by atoms with E-state index >= 15 is 0 Å². The first-order valence-corrected chi connectivity index (χ1v) is 10.4. The lowest BCUT2D eigenvalue weighted by Gasteiger charge is -2.18. The highest BCUT2D eigenvalue weighted by atomic mass is 16.5. The van der Waals surface area contributed by atoms with Gasteiger partial charge in [-0.3, -0.25) is 14.2 Å². The fourth-order valence-corrected chi connectivity index (χ4v) is 3.32. The number of amides is 2. The molecule has 0 atom stereocenters. The van der Waals surface area contributed by atoms with Gasteiger partial charge in [0.25, 0.3) is 11.8 Å². The average molecular weight is 448 g/mol. The van der Waals surface area contributed by atoms with Crippen molar-refractivity contribution in [2.45, 2.75) is 20.8 Å². The number of furan rings is 1. The molecule has 0 aliphatic carbocycles. The normalized spacial score (nSPS) is 10.4. The van der Waals surface area contributed by atoms with Crippen molar-refractivity contribution in [2.24, 2.45) is 0 Å². The first-order valence-electron chi connectivity index (χ1n) is 10.4. The lowest BCUT2D eigenvalue weighted by atomic mass is 10.1. The molecule has 0 unspecified atom stereocenters. The van der Waals surface area contributed by atoms with Crippen molar-refractivity contribution < 1.29 is 23.5 Å². The van der Waals surface area contributed by atoms with Crippen LogP contribution in [-0.4, -0.2) is 46.9 Å². The van der Waals surface area contributed by atoms with Crippen LogP contribution >= 0.6 is 0 Å². The van der Waals surface area contributed by atoms with Gasteiger partial charge in [0.2, 0.25) is 5.88 Å². The molecule has 3 rings (SSSR count). The number of anilines is 1. The molecule has 33 heavy (non-hydrogen) atoms. The molecular formula is C24H24N4O5. The summed E-state index contributed by atoms with van der Waals surface area (Å²) in [4.78, 5) is 38.9. The number of benzene rings is 1. The van der Waals surface area contributed by atoms with Gasteiger partial charge in [0.15, 0.2) is 6.61 Å². The van der Waals surface area contributed by atoms with E-state index in [1.807, 2.05) is 19.9 Å². The number of carbonyl (C=O) groups is 3. The first kappa shape index (κ1) is 23.3. The highest BCUT2D eigenvalue weighted by molar-refractivity contribution is 5.98. The van der Waals surface area contributed by atoms with Crippen LogP contribution in [0.15, 0.2) is 53.2 Å². The van der Waals surface area contributed by atoms with Gasteiger partial charge in [0.1, 0.15) is 23.0 Å². The first-order chi connectivity index (χ1) is 15.9. The Kier molecular flexibility index (Phi) is 7.31. The summed E-state index contributed by atoms with van der Waals surface area (Å²) in [7, 11) is 0. The number of nitriles is 1. The van der Waals surface area contributed by atoms with Crippen LogP contribution in [0.4, 0.5) is 5.69 Å². The van der Waals surface area contributed by atoms with Crippen molar-refractivity contribution in [3.05, 3.63) is 71.2 Å². The van der Waals surface area contributed by atoms with Crippen molar-refractivity contribution in [3.8, 4) is 12.0 Å². The smallest absolute Gasteiger partial charge is 0.343 e. The molecule has 0 radical (unpaired) electrons. The Morgan fingerprint density at radius 3 is 2.33 bits per heavy atom. The molecule has 170 valence electrons. The summed E-state index contributed by atoms with van der Waals surface area (Å²) in [5.74, 6) is -1.06. The van der Waals surface area contributed by atoms with Crippen molar-refractivity contribution >= 4 is 23.5 Å². The SMILES string of the molecule is CCN(CC)C(=O)c1ccc(NC(=O)COC(=O)c2c(C)oc(-n3cccc3)c2C#N)cc1. The van der Waals surface area contributed by atoms with Gasteiger partial charge in [0.05, 0.1) is 0 Å². The van der Waals surface area contributed by atoms with Crippen LogP contribution in [0.1, 0.15) is 45.9 Å². The predicted molar refractivity (Wildman–Crippen MR) is 120 cm³/mol. The van der Waals surface area contributed by atoms with E-state index in [1.165, 1.54) is 0 Å². The highest BCUT2D eigenvalue weighted by Crippen LogP contribution is 2.26. The fraction of sp³-hybridized carbons (Fsp3) is 0.250. The Morgan fingerprint density at radius 2 is 1.76 bits per heavy atom. The van der Waals surface area contributed by atoms with Gasteiger partial charge in [-0.1, -0.05) is 0 Å². The second-order valence-corrected chi connectivity index (χ2v) is 7.09. The largest absolute Gasteiger partial charge is 0.452 e. The number of aromatic nitrogens is 1. The summed E-state index contributed by atoms with van der Waals surface area (Å²) >= 11 is 0. The summed E-state index contributed by atoms with van der Waals surface area (Å²) in [6, 6.07) is 11.9. The molecule has 3 aromatic rings. The lowest BCUT2D eigenvalue weighted by molar-refractivity contribution is -0.119. The molecule has 0 spiro atoms. The number of carbonyl (C=O) groups excluding carboxylic acids is 3. The average Bonchev–Trinajstić information content (AvgIpc) is 3.46. The zero-order chi connectivity index (χ0) is 24.0. The van der Waals surface area contributed by atoms with E-state index in [-0.39, 0.29) is 28.7 Å². The summed E-state index contributed by atoms with van der Waals surface area (Å²) in [5, 5.41) is 12.1. The molecule has 0 aliphatic heterocycles. The zero-order valence-electron chi connectivity index (χ0n) is 18.6. The number of esters is 1. The number of hydrogen-bond acceptors (Lipinski definition) is 6. The number of ether oxygens (including phenoxy) is 1. The highest BCUT2D eigenvalue weighted by Gasteiger charge is 2.26. The van der Waals surface area contributed by atoms with Gasteiger partial charge in [-0.25, -0.2) is 4.79 Å². The predicted octanol–water partition coefficient (Wildman–Crippen LogP) is 3.53. The molecule has 2 amide bonds. The number of hydrogen-bond donors (Lipinski definition) is 1. The molecule has 9 nitrogen and oxygen atoms in total. The number of nitrogens with one attached hydrogen (secondary N) is 1. The summed E-state index contributed by atoms with van der Waals surface area (Å²) < 4.78 is 12.3. The second-order valence-electron chi connectivity index (χ2n) is 7.09. The molecule has 0 saturated heterocycles. The molecule has 0 bridgehead atoms. The molecule has 1 N–H and O–H groups in total. The maximum Gasteiger partial charge on any atom is 0.343 e. The summed E-state index contributed by atoms with van der Waals surface area (Å²) in [6.45, 7) is 6.02. The molecule has 0 fully saturated rings. The molecular weight excluding hydrogens is 424 g/mol. The Labute approximate surface area is 191 Å². The van der Waals surface area contributed by atoms with Crippen molar-refractivity contribution in [2.75, 3.05) is 25.0 Å².